The van der Waals surface area contributed by atoms with Gasteiger partial charge < -0.3 is 15.4 Å². The predicted octanol–water partition coefficient (Wildman–Crippen LogP) is 0.739. The molecule has 1 amide bonds. The Morgan fingerprint density at radius 1 is 1.26 bits per heavy atom. The number of nitrogens with one attached hydrogen (secondary N) is 2. The lowest BCUT2D eigenvalue weighted by Crippen LogP contribution is -2.54. The zero-order valence-electron chi connectivity index (χ0n) is 10.5. The minimum absolute atomic E-state index is 0.173. The van der Waals surface area contributed by atoms with Crippen LogP contribution in [0, 0.1) is 0 Å². The first-order valence-corrected chi connectivity index (χ1v) is 6.05. The van der Waals surface area contributed by atoms with Gasteiger partial charge in [-0.15, -0.1) is 0 Å². The van der Waals surface area contributed by atoms with Crippen LogP contribution in [0.25, 0.3) is 0 Å². The third-order valence-electron chi connectivity index (χ3n) is 2.70. The highest BCUT2D eigenvalue weighted by molar-refractivity contribution is 5.94. The minimum atomic E-state index is -4.22. The molecule has 0 aromatic heterocycles. The number of esters is 1. The molecular weight excluding hydrogens is 265 g/mol. The van der Waals surface area contributed by atoms with Crippen molar-refractivity contribution >= 4 is 11.9 Å². The summed E-state index contributed by atoms with van der Waals surface area (Å²) >= 11 is 0. The van der Waals surface area contributed by atoms with E-state index in [2.05, 4.69) is 15.4 Å². The normalized spacial score (nSPS) is 22.5. The molecule has 110 valence electrons. The molecule has 0 aliphatic heterocycles. The van der Waals surface area contributed by atoms with E-state index in [4.69, 9.17) is 0 Å². The van der Waals surface area contributed by atoms with Crippen LogP contribution in [0.3, 0.4) is 0 Å². The van der Waals surface area contributed by atoms with Crippen LogP contribution in [0.1, 0.15) is 26.2 Å². The summed E-state index contributed by atoms with van der Waals surface area (Å²) < 4.78 is 40.4. The van der Waals surface area contributed by atoms with Crippen LogP contribution in [0.15, 0.2) is 0 Å². The summed E-state index contributed by atoms with van der Waals surface area (Å²) in [5.41, 5.74) is 0. The highest BCUT2D eigenvalue weighted by atomic mass is 19.4. The molecule has 1 fully saturated rings. The van der Waals surface area contributed by atoms with Gasteiger partial charge in [-0.05, 0) is 19.8 Å². The number of amides is 1. The standard InChI is InChI=1S/C11H17F3N2O3/c1-2-19-10(18)5-9(17)16-8-3-7(4-8)15-6-11(12,13)14/h7-8,15H,2-6H2,1H3,(H,16,17). The van der Waals surface area contributed by atoms with Gasteiger partial charge in [0.25, 0.3) is 0 Å². The molecule has 1 aliphatic carbocycles. The van der Waals surface area contributed by atoms with Crippen LogP contribution in [0.2, 0.25) is 0 Å². The third-order valence-corrected chi connectivity index (χ3v) is 2.70. The molecule has 0 heterocycles. The molecule has 0 spiro atoms. The Labute approximate surface area is 108 Å². The molecule has 0 aromatic rings. The maximum Gasteiger partial charge on any atom is 0.401 e. The molecule has 0 radical (unpaired) electrons. The average Bonchev–Trinajstić information content (AvgIpc) is 2.19. The number of alkyl halides is 3. The van der Waals surface area contributed by atoms with Crippen LogP contribution in [0.5, 0.6) is 0 Å². The molecule has 1 rings (SSSR count). The van der Waals surface area contributed by atoms with Gasteiger partial charge in [0, 0.05) is 12.1 Å². The Balaban J connectivity index is 2.11. The van der Waals surface area contributed by atoms with E-state index in [-0.39, 0.29) is 25.1 Å². The first-order valence-electron chi connectivity index (χ1n) is 6.05. The molecular formula is C11H17F3N2O3. The van der Waals surface area contributed by atoms with Crippen molar-refractivity contribution in [2.24, 2.45) is 0 Å². The maximum absolute atomic E-state index is 11.9. The van der Waals surface area contributed by atoms with Gasteiger partial charge in [-0.25, -0.2) is 0 Å². The van der Waals surface area contributed by atoms with Gasteiger partial charge in [0.15, 0.2) is 0 Å². The van der Waals surface area contributed by atoms with E-state index in [0.717, 1.165) is 0 Å². The maximum atomic E-state index is 11.9. The molecule has 0 unspecified atom stereocenters. The third kappa shape index (κ3) is 6.42. The summed E-state index contributed by atoms with van der Waals surface area (Å²) in [5, 5.41) is 4.93. The number of hydrogen-bond acceptors (Lipinski definition) is 4. The lowest BCUT2D eigenvalue weighted by Gasteiger charge is -2.36. The number of hydrogen-bond donors (Lipinski definition) is 2. The summed E-state index contributed by atoms with van der Waals surface area (Å²) in [4.78, 5) is 22.3. The number of halogens is 3. The van der Waals surface area contributed by atoms with Gasteiger partial charge in [0.05, 0.1) is 13.2 Å². The highest BCUT2D eigenvalue weighted by Gasteiger charge is 2.34. The predicted molar refractivity (Wildman–Crippen MR) is 60.3 cm³/mol. The van der Waals surface area contributed by atoms with Gasteiger partial charge >= 0.3 is 12.1 Å². The molecule has 2 N–H and O–H groups in total. The van der Waals surface area contributed by atoms with Gasteiger partial charge in [-0.1, -0.05) is 0 Å². The van der Waals surface area contributed by atoms with Crippen LogP contribution in [0.4, 0.5) is 13.2 Å². The Morgan fingerprint density at radius 2 is 1.89 bits per heavy atom. The van der Waals surface area contributed by atoms with Crippen LogP contribution >= 0.6 is 0 Å². The molecule has 1 saturated carbocycles. The lowest BCUT2D eigenvalue weighted by molar-refractivity contribution is -0.146. The van der Waals surface area contributed by atoms with Crippen molar-refractivity contribution in [2.75, 3.05) is 13.2 Å². The zero-order valence-corrected chi connectivity index (χ0v) is 10.5. The van der Waals surface area contributed by atoms with Crippen molar-refractivity contribution in [3.63, 3.8) is 0 Å². The first-order chi connectivity index (χ1) is 8.80. The van der Waals surface area contributed by atoms with Crippen molar-refractivity contribution in [3.05, 3.63) is 0 Å². The van der Waals surface area contributed by atoms with E-state index in [1.165, 1.54) is 0 Å². The van der Waals surface area contributed by atoms with E-state index in [1.807, 2.05) is 0 Å². The summed E-state index contributed by atoms with van der Waals surface area (Å²) in [5.74, 6) is -1.07. The number of carbonyl (C=O) groups is 2. The Morgan fingerprint density at radius 3 is 2.42 bits per heavy atom. The van der Waals surface area contributed by atoms with Crippen LogP contribution in [-0.2, 0) is 14.3 Å². The summed E-state index contributed by atoms with van der Waals surface area (Å²) in [6.07, 6.45) is -3.71. The molecule has 1 aliphatic rings. The van der Waals surface area contributed by atoms with Crippen molar-refractivity contribution in [1.29, 1.82) is 0 Å². The quantitative estimate of drug-likeness (QED) is 0.557. The zero-order chi connectivity index (χ0) is 14.5. The van der Waals surface area contributed by atoms with E-state index in [9.17, 15) is 22.8 Å². The summed E-state index contributed by atoms with van der Waals surface area (Å²) in [6, 6.07) is -0.415. The Kier molecular flexibility index (Phi) is 5.59. The van der Waals surface area contributed by atoms with Crippen molar-refractivity contribution in [2.45, 2.75) is 44.4 Å². The fourth-order valence-electron chi connectivity index (χ4n) is 1.78. The van der Waals surface area contributed by atoms with E-state index < -0.39 is 24.6 Å². The van der Waals surface area contributed by atoms with E-state index in [1.54, 1.807) is 6.92 Å². The second-order valence-electron chi connectivity index (χ2n) is 4.41. The monoisotopic (exact) mass is 282 g/mol. The number of carbonyl (C=O) groups excluding carboxylic acids is 2. The van der Waals surface area contributed by atoms with Crippen LogP contribution < -0.4 is 10.6 Å². The second kappa shape index (κ2) is 6.74. The van der Waals surface area contributed by atoms with E-state index >= 15 is 0 Å². The van der Waals surface area contributed by atoms with Crippen LogP contribution in [-0.4, -0.2) is 43.3 Å². The number of rotatable bonds is 6. The second-order valence-corrected chi connectivity index (χ2v) is 4.41. The fourth-order valence-corrected chi connectivity index (χ4v) is 1.78. The highest BCUT2D eigenvalue weighted by Crippen LogP contribution is 2.22. The molecule has 0 bridgehead atoms. The van der Waals surface area contributed by atoms with Crippen molar-refractivity contribution < 1.29 is 27.5 Å². The van der Waals surface area contributed by atoms with Gasteiger partial charge in [0.2, 0.25) is 5.91 Å². The Bertz CT molecular complexity index is 328. The molecule has 0 atom stereocenters. The SMILES string of the molecule is CCOC(=O)CC(=O)NC1CC(NCC(F)(F)F)C1. The smallest absolute Gasteiger partial charge is 0.401 e. The lowest BCUT2D eigenvalue weighted by atomic mass is 9.86. The van der Waals surface area contributed by atoms with E-state index in [0.29, 0.717) is 12.8 Å². The van der Waals surface area contributed by atoms with Crippen molar-refractivity contribution in [1.82, 2.24) is 10.6 Å². The topological polar surface area (TPSA) is 67.4 Å². The number of ether oxygens (including phenoxy) is 1. The molecule has 19 heavy (non-hydrogen) atoms. The average molecular weight is 282 g/mol. The largest absolute Gasteiger partial charge is 0.466 e. The molecule has 0 saturated heterocycles. The van der Waals surface area contributed by atoms with Gasteiger partial charge in [-0.3, -0.25) is 9.59 Å². The Hall–Kier alpha value is -1.31. The van der Waals surface area contributed by atoms with Gasteiger partial charge in [-0.2, -0.15) is 13.2 Å². The molecule has 8 heteroatoms. The van der Waals surface area contributed by atoms with Crippen molar-refractivity contribution in [3.8, 4) is 0 Å². The first kappa shape index (κ1) is 15.7. The summed E-state index contributed by atoms with van der Waals surface area (Å²) in [6.45, 7) is 0.818. The fraction of sp³-hybridized carbons (Fsp3) is 0.818. The molecule has 5 nitrogen and oxygen atoms in total. The molecule has 0 aromatic carbocycles. The summed E-state index contributed by atoms with van der Waals surface area (Å²) in [7, 11) is 0. The van der Waals surface area contributed by atoms with Gasteiger partial charge in [0.1, 0.15) is 6.42 Å². The minimum Gasteiger partial charge on any atom is -0.466 e.